The molecule has 7 nitrogen and oxygen atoms in total. The molecule has 1 heterocycles. The number of nitrogens with zero attached hydrogens (tertiary/aromatic N) is 2. The van der Waals surface area contributed by atoms with Gasteiger partial charge in [0, 0.05) is 23.4 Å². The molecule has 2 aromatic carbocycles. The third-order valence-electron chi connectivity index (χ3n) is 4.33. The van der Waals surface area contributed by atoms with Crippen LogP contribution in [0.15, 0.2) is 70.9 Å². The Morgan fingerprint density at radius 2 is 1.96 bits per heavy atom. The first-order chi connectivity index (χ1) is 13.0. The van der Waals surface area contributed by atoms with Crippen molar-refractivity contribution >= 4 is 17.5 Å². The van der Waals surface area contributed by atoms with E-state index in [1.165, 1.54) is 19.2 Å². The molecule has 0 spiro atoms. The lowest BCUT2D eigenvalue weighted by Crippen LogP contribution is -2.33. The van der Waals surface area contributed by atoms with E-state index in [0.717, 1.165) is 5.56 Å². The number of hydrogen-bond donors (Lipinski definition) is 1. The van der Waals surface area contributed by atoms with Gasteiger partial charge in [-0.2, -0.15) is 0 Å². The van der Waals surface area contributed by atoms with Crippen LogP contribution in [0.4, 0.5) is 5.69 Å². The molecule has 0 fully saturated rings. The fraction of sp³-hybridized carbons (Fsp3) is 0.200. The molecule has 1 atom stereocenters. The third kappa shape index (κ3) is 3.72. The molecule has 2 aromatic rings. The molecule has 0 radical (unpaired) electrons. The van der Waals surface area contributed by atoms with Crippen molar-refractivity contribution < 1.29 is 14.5 Å². The van der Waals surface area contributed by atoms with E-state index < -0.39 is 16.9 Å². The summed E-state index contributed by atoms with van der Waals surface area (Å²) >= 11 is 0. The van der Waals surface area contributed by atoms with E-state index in [2.05, 4.69) is 5.32 Å². The number of non-ortho nitro benzene ring substituents is 1. The fourth-order valence-corrected chi connectivity index (χ4v) is 3.02. The van der Waals surface area contributed by atoms with Crippen molar-refractivity contribution in [1.29, 1.82) is 0 Å². The first kappa shape index (κ1) is 18.3. The molecule has 7 heteroatoms. The van der Waals surface area contributed by atoms with E-state index in [0.29, 0.717) is 29.1 Å². The average molecular weight is 365 g/mol. The zero-order chi connectivity index (χ0) is 19.4. The zero-order valence-corrected chi connectivity index (χ0v) is 15.0. The van der Waals surface area contributed by atoms with E-state index in [1.54, 1.807) is 12.1 Å². The summed E-state index contributed by atoms with van der Waals surface area (Å²) in [7, 11) is 1.31. The number of nitro benzene ring substituents is 1. The fourth-order valence-electron chi connectivity index (χ4n) is 3.02. The summed E-state index contributed by atoms with van der Waals surface area (Å²) in [6.45, 7) is 1.92. The number of benzene rings is 2. The highest BCUT2D eigenvalue weighted by Crippen LogP contribution is 2.34. The van der Waals surface area contributed by atoms with Gasteiger partial charge in [-0.05, 0) is 12.0 Å². The van der Waals surface area contributed by atoms with Gasteiger partial charge in [-0.3, -0.25) is 15.1 Å². The number of ether oxygens (including phenoxy) is 1. The van der Waals surface area contributed by atoms with Crippen molar-refractivity contribution in [1.82, 2.24) is 5.32 Å². The molecule has 0 aromatic heterocycles. The predicted molar refractivity (Wildman–Crippen MR) is 101 cm³/mol. The van der Waals surface area contributed by atoms with Crippen molar-refractivity contribution in [3.8, 4) is 0 Å². The Hall–Kier alpha value is -3.48. The molecule has 1 N–H and O–H groups in total. The lowest BCUT2D eigenvalue weighted by atomic mass is 9.94. The number of methoxy groups -OCH3 is 1. The Balaban J connectivity index is 2.16. The summed E-state index contributed by atoms with van der Waals surface area (Å²) in [5, 5.41) is 14.4. The van der Waals surface area contributed by atoms with Crippen LogP contribution >= 0.6 is 0 Å². The van der Waals surface area contributed by atoms with Crippen molar-refractivity contribution in [2.75, 3.05) is 7.11 Å². The van der Waals surface area contributed by atoms with Crippen molar-refractivity contribution in [3.63, 3.8) is 0 Å². The van der Waals surface area contributed by atoms with Gasteiger partial charge < -0.3 is 10.1 Å². The van der Waals surface area contributed by atoms with Gasteiger partial charge in [0.05, 0.1) is 17.6 Å². The standard InChI is InChI=1S/C20H19N3O4/c1-3-16-17(20(24)27-2)18(14-10-7-11-15(12-14)23(25)26)22-19(21-16)13-8-5-4-6-9-13/h4-12,18H,3H2,1-2H3,(H,21,22). The maximum atomic E-state index is 12.5. The van der Waals surface area contributed by atoms with E-state index >= 15 is 0 Å². The van der Waals surface area contributed by atoms with Crippen LogP contribution in [0.25, 0.3) is 0 Å². The molecule has 0 bridgehead atoms. The first-order valence-corrected chi connectivity index (χ1v) is 8.51. The molecule has 0 saturated carbocycles. The Bertz CT molecular complexity index is 935. The maximum absolute atomic E-state index is 12.5. The minimum absolute atomic E-state index is 0.0511. The second-order valence-electron chi connectivity index (χ2n) is 5.96. The number of carbonyl (C=O) groups is 1. The van der Waals surface area contributed by atoms with E-state index in [-0.39, 0.29) is 5.69 Å². The van der Waals surface area contributed by atoms with Gasteiger partial charge in [0.1, 0.15) is 11.9 Å². The van der Waals surface area contributed by atoms with E-state index in [9.17, 15) is 14.9 Å². The summed E-state index contributed by atoms with van der Waals surface area (Å²) in [5.74, 6) is 0.100. The zero-order valence-electron chi connectivity index (χ0n) is 15.0. The third-order valence-corrected chi connectivity index (χ3v) is 4.33. The number of esters is 1. The topological polar surface area (TPSA) is 93.8 Å². The van der Waals surface area contributed by atoms with Crippen LogP contribution < -0.4 is 5.32 Å². The predicted octanol–water partition coefficient (Wildman–Crippen LogP) is 3.52. The van der Waals surface area contributed by atoms with Crippen LogP contribution in [0.2, 0.25) is 0 Å². The Morgan fingerprint density at radius 3 is 2.59 bits per heavy atom. The number of nitro groups is 1. The summed E-state index contributed by atoms with van der Waals surface area (Å²) in [4.78, 5) is 27.9. The maximum Gasteiger partial charge on any atom is 0.338 e. The molecule has 3 rings (SSSR count). The monoisotopic (exact) mass is 365 g/mol. The minimum atomic E-state index is -0.691. The molecule has 0 aliphatic carbocycles. The molecule has 138 valence electrons. The molecule has 27 heavy (non-hydrogen) atoms. The van der Waals surface area contributed by atoms with Crippen LogP contribution in [0.1, 0.15) is 30.5 Å². The summed E-state index contributed by atoms with van der Waals surface area (Å²) < 4.78 is 4.95. The van der Waals surface area contributed by atoms with E-state index in [1.807, 2.05) is 37.3 Å². The van der Waals surface area contributed by atoms with Gasteiger partial charge in [0.25, 0.3) is 5.69 Å². The quantitative estimate of drug-likeness (QED) is 0.497. The minimum Gasteiger partial charge on any atom is -0.466 e. The Kier molecular flexibility index (Phi) is 5.30. The Labute approximate surface area is 156 Å². The van der Waals surface area contributed by atoms with Gasteiger partial charge in [0.15, 0.2) is 0 Å². The van der Waals surface area contributed by atoms with Crippen LogP contribution in [-0.2, 0) is 9.53 Å². The molecule has 0 saturated heterocycles. The second-order valence-corrected chi connectivity index (χ2v) is 5.96. The van der Waals surface area contributed by atoms with Crippen LogP contribution in [-0.4, -0.2) is 23.8 Å². The van der Waals surface area contributed by atoms with E-state index in [4.69, 9.17) is 9.73 Å². The lowest BCUT2D eigenvalue weighted by Gasteiger charge is -2.27. The van der Waals surface area contributed by atoms with Gasteiger partial charge in [-0.15, -0.1) is 0 Å². The van der Waals surface area contributed by atoms with Crippen LogP contribution in [0, 0.1) is 10.1 Å². The SMILES string of the molecule is CCC1=C(C(=O)OC)C(c2cccc([N+](=O)[O-])c2)N=C(c2ccccc2)N1. The number of rotatable bonds is 5. The highest BCUT2D eigenvalue weighted by Gasteiger charge is 2.31. The average Bonchev–Trinajstić information content (AvgIpc) is 2.72. The highest BCUT2D eigenvalue weighted by atomic mass is 16.6. The molecule has 1 aliphatic heterocycles. The number of nitrogens with one attached hydrogen (secondary N) is 1. The van der Waals surface area contributed by atoms with Crippen molar-refractivity contribution in [2.24, 2.45) is 4.99 Å². The van der Waals surface area contributed by atoms with Gasteiger partial charge >= 0.3 is 5.97 Å². The summed E-state index contributed by atoms with van der Waals surface area (Å²) in [6, 6.07) is 15.0. The van der Waals surface area contributed by atoms with Crippen LogP contribution in [0.3, 0.4) is 0 Å². The Morgan fingerprint density at radius 1 is 1.22 bits per heavy atom. The normalized spacial score (nSPS) is 16.4. The van der Waals surface area contributed by atoms with Crippen molar-refractivity contribution in [3.05, 3.63) is 87.1 Å². The number of aliphatic imine (C=N–C) groups is 1. The number of hydrogen-bond acceptors (Lipinski definition) is 6. The highest BCUT2D eigenvalue weighted by molar-refractivity contribution is 6.03. The largest absolute Gasteiger partial charge is 0.466 e. The molecular weight excluding hydrogens is 346 g/mol. The molecular formula is C20H19N3O4. The number of allylic oxidation sites excluding steroid dienone is 1. The van der Waals surface area contributed by atoms with Gasteiger partial charge in [0.2, 0.25) is 0 Å². The van der Waals surface area contributed by atoms with Gasteiger partial charge in [-0.1, -0.05) is 49.4 Å². The summed E-state index contributed by atoms with van der Waals surface area (Å²) in [5.41, 5.74) is 2.42. The first-order valence-electron chi connectivity index (χ1n) is 8.51. The number of amidine groups is 1. The lowest BCUT2D eigenvalue weighted by molar-refractivity contribution is -0.384. The number of carbonyl (C=O) groups excluding carboxylic acids is 1. The molecule has 0 amide bonds. The molecule has 1 unspecified atom stereocenters. The molecule has 1 aliphatic rings. The smallest absolute Gasteiger partial charge is 0.338 e. The van der Waals surface area contributed by atoms with Crippen molar-refractivity contribution in [2.45, 2.75) is 19.4 Å². The second kappa shape index (κ2) is 7.82. The summed E-state index contributed by atoms with van der Waals surface area (Å²) in [6.07, 6.45) is 0.557. The van der Waals surface area contributed by atoms with Gasteiger partial charge in [-0.25, -0.2) is 4.79 Å². The van der Waals surface area contributed by atoms with Crippen LogP contribution in [0.5, 0.6) is 0 Å².